The number of carbonyl (C=O) groups is 2. The molecule has 7 nitrogen and oxygen atoms in total. The number of hydrogen-bond donors (Lipinski definition) is 0. The molecule has 1 aromatic carbocycles. The Bertz CT molecular complexity index is 1050. The van der Waals surface area contributed by atoms with Crippen LogP contribution in [0.3, 0.4) is 0 Å². The van der Waals surface area contributed by atoms with Crippen molar-refractivity contribution in [2.24, 2.45) is 0 Å². The quantitative estimate of drug-likeness (QED) is 0.0417. The molecule has 0 bridgehead atoms. The third-order valence-corrected chi connectivity index (χ3v) is 7.83. The first-order valence-corrected chi connectivity index (χ1v) is 17.5. The second kappa shape index (κ2) is 27.5. The molecule has 1 aromatic rings. The van der Waals surface area contributed by atoms with Crippen LogP contribution >= 0.6 is 0 Å². The van der Waals surface area contributed by atoms with Crippen LogP contribution < -0.4 is 51.4 Å². The largest absolute Gasteiger partial charge is 1.00 e. The molecule has 0 aliphatic carbocycles. The summed E-state index contributed by atoms with van der Waals surface area (Å²) in [6, 6.07) is 3.06. The summed E-state index contributed by atoms with van der Waals surface area (Å²) in [4.78, 5) is 24.9. The Morgan fingerprint density at radius 3 is 1.42 bits per heavy atom. The number of rotatable bonds is 25. The fourth-order valence-electron chi connectivity index (χ4n) is 4.44. The summed E-state index contributed by atoms with van der Waals surface area (Å²) >= 11 is 0. The molecule has 0 aliphatic heterocycles. The second-order valence-corrected chi connectivity index (χ2v) is 12.2. The molecule has 0 aromatic heterocycles. The molecule has 0 saturated heterocycles. The van der Waals surface area contributed by atoms with Crippen LogP contribution in [0.5, 0.6) is 0 Å². The van der Waals surface area contributed by atoms with E-state index in [1.54, 1.807) is 0 Å². The van der Waals surface area contributed by atoms with Crippen LogP contribution in [0.15, 0.2) is 47.4 Å². The number of hydrogen-bond acceptors (Lipinski definition) is 7. The number of benzene rings is 1. The molecular formula is C34H53KO7S. The maximum Gasteiger partial charge on any atom is 1.00 e. The molecule has 0 saturated carbocycles. The molecule has 0 aliphatic rings. The predicted molar refractivity (Wildman–Crippen MR) is 168 cm³/mol. The van der Waals surface area contributed by atoms with E-state index in [0.29, 0.717) is 12.8 Å². The van der Waals surface area contributed by atoms with Gasteiger partial charge in [0.15, 0.2) is 0 Å². The zero-order valence-corrected chi connectivity index (χ0v) is 30.9. The van der Waals surface area contributed by atoms with Crippen LogP contribution in [0.2, 0.25) is 0 Å². The van der Waals surface area contributed by atoms with Crippen molar-refractivity contribution < 1.29 is 83.4 Å². The van der Waals surface area contributed by atoms with Gasteiger partial charge in [-0.1, -0.05) is 76.7 Å². The fraction of sp³-hybridized carbons (Fsp3) is 0.647. The average molecular weight is 645 g/mol. The van der Waals surface area contributed by atoms with Crippen molar-refractivity contribution >= 4 is 22.1 Å². The van der Waals surface area contributed by atoms with Crippen molar-refractivity contribution in [1.82, 2.24) is 0 Å². The molecule has 0 spiro atoms. The molecule has 238 valence electrons. The summed E-state index contributed by atoms with van der Waals surface area (Å²) < 4.78 is 45.2. The number of unbranched alkanes of at least 4 members (excludes halogenated alkanes) is 14. The maximum atomic E-state index is 12.8. The van der Waals surface area contributed by atoms with Gasteiger partial charge in [-0.05, 0) is 95.2 Å². The van der Waals surface area contributed by atoms with Crippen LogP contribution in [0, 0.1) is 0 Å². The summed E-state index contributed by atoms with van der Waals surface area (Å²) in [5.41, 5.74) is -0.380. The Labute approximate surface area is 303 Å². The first kappa shape index (κ1) is 42.2. The van der Waals surface area contributed by atoms with Crippen LogP contribution in [0.1, 0.15) is 150 Å². The van der Waals surface area contributed by atoms with E-state index in [-0.39, 0.29) is 75.7 Å². The van der Waals surface area contributed by atoms with Gasteiger partial charge < -0.3 is 14.0 Å². The monoisotopic (exact) mass is 644 g/mol. The molecule has 0 heterocycles. The van der Waals surface area contributed by atoms with Crippen molar-refractivity contribution in [3.8, 4) is 0 Å². The van der Waals surface area contributed by atoms with E-state index in [2.05, 4.69) is 38.2 Å². The third-order valence-electron chi connectivity index (χ3n) is 7.00. The first-order valence-electron chi connectivity index (χ1n) is 16.0. The zero-order chi connectivity index (χ0) is 30.9. The predicted octanol–water partition coefficient (Wildman–Crippen LogP) is 6.08. The topological polar surface area (TPSA) is 110 Å². The molecule has 0 amide bonds. The van der Waals surface area contributed by atoms with Crippen LogP contribution in [0.25, 0.3) is 0 Å². The van der Waals surface area contributed by atoms with E-state index >= 15 is 0 Å². The summed E-state index contributed by atoms with van der Waals surface area (Å²) in [5, 5.41) is 0. The number of esters is 2. The summed E-state index contributed by atoms with van der Waals surface area (Å²) in [6.07, 6.45) is 28.1. The van der Waals surface area contributed by atoms with Gasteiger partial charge in [0.2, 0.25) is 0 Å². The molecular weight excluding hydrogens is 592 g/mol. The van der Waals surface area contributed by atoms with Crippen molar-refractivity contribution in [2.45, 2.75) is 134 Å². The fourth-order valence-corrected chi connectivity index (χ4v) is 4.94. The Balaban J connectivity index is 0.0000176. The molecule has 0 radical (unpaired) electrons. The molecule has 0 N–H and O–H groups in total. The Hall–Kier alpha value is -0.814. The standard InChI is InChI=1S/C34H54O7S.K/c1-3-5-7-9-11-13-15-17-19-21-23-27-40-33(35)31-26-25-30(42(37,38)39)29-32(31)34(36)41-28-24-22-20-18-16-14-12-10-8-6-4-2;/h13-16,25-26,29H,3-12,17-24,27-28H2,1-2H3,(H,37,38,39);/q;+1/p-1/b15-13+,16-14+;. The molecule has 43 heavy (non-hydrogen) atoms. The van der Waals surface area contributed by atoms with Gasteiger partial charge in [0.05, 0.1) is 29.2 Å². The number of carbonyl (C=O) groups excluding carboxylic acids is 2. The molecule has 1 rings (SSSR count). The normalized spacial score (nSPS) is 11.6. The Kier molecular flexibility index (Phi) is 27.0. The summed E-state index contributed by atoms with van der Waals surface area (Å²) in [6.45, 7) is 4.72. The smallest absolute Gasteiger partial charge is 0.744 e. The summed E-state index contributed by atoms with van der Waals surface area (Å²) in [7, 11) is -4.81. The van der Waals surface area contributed by atoms with Crippen molar-refractivity contribution in [1.29, 1.82) is 0 Å². The zero-order valence-electron chi connectivity index (χ0n) is 26.9. The summed E-state index contributed by atoms with van der Waals surface area (Å²) in [5.74, 6) is -1.59. The van der Waals surface area contributed by atoms with Crippen molar-refractivity contribution in [3.05, 3.63) is 53.6 Å². The Morgan fingerprint density at radius 2 is 1.02 bits per heavy atom. The van der Waals surface area contributed by atoms with E-state index in [4.69, 9.17) is 9.47 Å². The van der Waals surface area contributed by atoms with E-state index in [0.717, 1.165) is 69.6 Å². The van der Waals surface area contributed by atoms with Gasteiger partial charge in [-0.2, -0.15) is 0 Å². The van der Waals surface area contributed by atoms with Crippen LogP contribution in [-0.4, -0.2) is 38.1 Å². The van der Waals surface area contributed by atoms with Crippen LogP contribution in [0.4, 0.5) is 0 Å². The van der Waals surface area contributed by atoms with Gasteiger partial charge in [-0.3, -0.25) is 0 Å². The minimum atomic E-state index is -4.81. The minimum absolute atomic E-state index is 0. The Morgan fingerprint density at radius 1 is 0.628 bits per heavy atom. The van der Waals surface area contributed by atoms with Gasteiger partial charge >= 0.3 is 63.3 Å². The average Bonchev–Trinajstić information content (AvgIpc) is 2.97. The van der Waals surface area contributed by atoms with E-state index in [1.807, 2.05) is 0 Å². The van der Waals surface area contributed by atoms with E-state index in [9.17, 15) is 22.6 Å². The van der Waals surface area contributed by atoms with Gasteiger partial charge in [0.25, 0.3) is 0 Å². The van der Waals surface area contributed by atoms with Gasteiger partial charge in [-0.25, -0.2) is 18.0 Å². The van der Waals surface area contributed by atoms with E-state index in [1.165, 1.54) is 51.4 Å². The molecule has 0 fully saturated rings. The number of ether oxygens (including phenoxy) is 2. The van der Waals surface area contributed by atoms with Crippen LogP contribution in [-0.2, 0) is 19.6 Å². The van der Waals surface area contributed by atoms with Gasteiger partial charge in [-0.15, -0.1) is 0 Å². The molecule has 0 unspecified atom stereocenters. The maximum absolute atomic E-state index is 12.8. The minimum Gasteiger partial charge on any atom is -0.744 e. The van der Waals surface area contributed by atoms with Crippen molar-refractivity contribution in [3.63, 3.8) is 0 Å². The van der Waals surface area contributed by atoms with E-state index < -0.39 is 27.0 Å². The van der Waals surface area contributed by atoms with Gasteiger partial charge in [0, 0.05) is 0 Å². The van der Waals surface area contributed by atoms with Crippen molar-refractivity contribution in [2.75, 3.05) is 13.2 Å². The first-order chi connectivity index (χ1) is 20.3. The SMILES string of the molecule is CCCCCC/C=C/CCCCCOC(=O)c1ccc(S(=O)(=O)[O-])cc1C(=O)OCCCCC/C=C/CCCCCC.[K+]. The second-order valence-electron chi connectivity index (χ2n) is 10.8. The molecule has 0 atom stereocenters. The number of allylic oxidation sites excluding steroid dienone is 4. The van der Waals surface area contributed by atoms with Gasteiger partial charge in [0.1, 0.15) is 10.1 Å². The third kappa shape index (κ3) is 21.5. The molecule has 9 heteroatoms.